The lowest BCUT2D eigenvalue weighted by atomic mass is 9.77. The highest BCUT2D eigenvalue weighted by Gasteiger charge is 2.42. The van der Waals surface area contributed by atoms with Crippen LogP contribution in [0.3, 0.4) is 0 Å². The van der Waals surface area contributed by atoms with Crippen LogP contribution in [0.2, 0.25) is 0 Å². The van der Waals surface area contributed by atoms with E-state index in [4.69, 9.17) is 10.3 Å². The fourth-order valence-electron chi connectivity index (χ4n) is 6.88. The second-order valence-corrected chi connectivity index (χ2v) is 12.3. The van der Waals surface area contributed by atoms with Crippen LogP contribution in [-0.4, -0.2) is 37.5 Å². The van der Waals surface area contributed by atoms with Crippen molar-refractivity contribution >= 4 is 11.6 Å². The van der Waals surface area contributed by atoms with Crippen molar-refractivity contribution in [3.05, 3.63) is 186 Å². The Hall–Kier alpha value is -6.21. The number of nitrogens with zero attached hydrogens (tertiary/aromatic N) is 6. The minimum Gasteiger partial charge on any atom is -0.352 e. The molecule has 0 amide bonds. The van der Waals surface area contributed by atoms with Crippen LogP contribution in [0.15, 0.2) is 158 Å². The first-order chi connectivity index (χ1) is 24.6. The van der Waals surface area contributed by atoms with Crippen LogP contribution in [0.4, 0.5) is 5.82 Å². The van der Waals surface area contributed by atoms with Gasteiger partial charge in [-0.15, -0.1) is 5.10 Å². The topological polar surface area (TPSA) is 76.8 Å². The summed E-state index contributed by atoms with van der Waals surface area (Å²) < 4.78 is 1.97. The van der Waals surface area contributed by atoms with Gasteiger partial charge in [-0.1, -0.05) is 146 Å². The maximum atomic E-state index is 12.4. The van der Waals surface area contributed by atoms with Gasteiger partial charge in [0.1, 0.15) is 11.4 Å². The van der Waals surface area contributed by atoms with Gasteiger partial charge >= 0.3 is 0 Å². The average Bonchev–Trinajstić information content (AvgIpc) is 3.67. The van der Waals surface area contributed by atoms with Gasteiger partial charge in [0.15, 0.2) is 11.6 Å². The van der Waals surface area contributed by atoms with Crippen LogP contribution in [0.5, 0.6) is 0 Å². The highest BCUT2D eigenvalue weighted by Crippen LogP contribution is 2.43. The lowest BCUT2D eigenvalue weighted by molar-refractivity contribution is 0.101. The van der Waals surface area contributed by atoms with Crippen LogP contribution in [-0.2, 0) is 12.1 Å². The summed E-state index contributed by atoms with van der Waals surface area (Å²) >= 11 is 0. The minimum atomic E-state index is -0.855. The highest BCUT2D eigenvalue weighted by atomic mass is 16.1. The number of carbonyl (C=O) groups is 1. The normalized spacial score (nSPS) is 11.3. The number of Topliss-reactive ketones (excluding diaryl/α,β-unsaturated/α-hetero) is 1. The van der Waals surface area contributed by atoms with Gasteiger partial charge in [-0.25, -0.2) is 9.67 Å². The summed E-state index contributed by atoms with van der Waals surface area (Å²) in [7, 11) is 0. The molecule has 0 unspecified atom stereocenters. The number of anilines is 1. The predicted octanol–water partition coefficient (Wildman–Crippen LogP) is 8.86. The quantitative estimate of drug-likeness (QED) is 0.0968. The summed E-state index contributed by atoms with van der Waals surface area (Å²) in [6.07, 6.45) is 2.69. The summed E-state index contributed by atoms with van der Waals surface area (Å²) in [5.41, 5.74) is 7.04. The van der Waals surface area contributed by atoms with E-state index in [1.807, 2.05) is 47.1 Å². The predicted molar refractivity (Wildman–Crippen MR) is 199 cm³/mol. The van der Waals surface area contributed by atoms with E-state index >= 15 is 0 Å². The maximum absolute atomic E-state index is 12.4. The first-order valence-corrected chi connectivity index (χ1v) is 17.0. The van der Waals surface area contributed by atoms with Crippen molar-refractivity contribution in [3.8, 4) is 22.5 Å². The molecule has 0 atom stereocenters. The third-order valence-corrected chi connectivity index (χ3v) is 9.13. The van der Waals surface area contributed by atoms with Crippen molar-refractivity contribution in [3.63, 3.8) is 0 Å². The molecule has 0 radical (unpaired) electrons. The summed E-state index contributed by atoms with van der Waals surface area (Å²) in [5.74, 6) is 1.39. The van der Waals surface area contributed by atoms with E-state index in [0.29, 0.717) is 17.9 Å². The molecule has 5 aromatic carbocycles. The maximum Gasteiger partial charge on any atom is 0.184 e. The Labute approximate surface area is 292 Å². The molecule has 0 saturated carbocycles. The molecule has 0 bridgehead atoms. The summed E-state index contributed by atoms with van der Waals surface area (Å²) in [4.78, 5) is 19.2. The number of aromatic nitrogens is 5. The average molecular weight is 655 g/mol. The zero-order valence-electron chi connectivity index (χ0n) is 28.2. The van der Waals surface area contributed by atoms with Crippen molar-refractivity contribution < 1.29 is 4.79 Å². The summed E-state index contributed by atoms with van der Waals surface area (Å²) in [6, 6.07) is 51.9. The van der Waals surface area contributed by atoms with Crippen molar-refractivity contribution in [2.75, 3.05) is 11.4 Å². The fraction of sp³-hybridized carbons (Fsp3) is 0.140. The minimum absolute atomic E-state index is 0.0133. The fourth-order valence-corrected chi connectivity index (χ4v) is 6.88. The summed E-state index contributed by atoms with van der Waals surface area (Å²) in [5, 5.41) is 13.8. The SMILES string of the molecule is CCCN(Cc1ccc(-c2ccccc2-c2nnnn2C(c2ccccc2)(c2ccccc2)c2ccccc2)cc1)c1ncccc1C(C)=O. The molecule has 2 heterocycles. The molecule has 7 heteroatoms. The molecule has 7 nitrogen and oxygen atoms in total. The first kappa shape index (κ1) is 32.3. The number of tetrazole rings is 1. The van der Waals surface area contributed by atoms with Gasteiger partial charge < -0.3 is 4.90 Å². The number of rotatable bonds is 12. The second-order valence-electron chi connectivity index (χ2n) is 12.3. The molecule has 246 valence electrons. The van der Waals surface area contributed by atoms with Crippen molar-refractivity contribution in [1.82, 2.24) is 25.2 Å². The number of benzene rings is 5. The number of hydrogen-bond acceptors (Lipinski definition) is 6. The van der Waals surface area contributed by atoms with Crippen LogP contribution >= 0.6 is 0 Å². The van der Waals surface area contributed by atoms with Gasteiger partial charge in [0.05, 0.1) is 5.56 Å². The molecule has 50 heavy (non-hydrogen) atoms. The molecule has 0 spiro atoms. The Morgan fingerprint density at radius 3 is 1.80 bits per heavy atom. The lowest BCUT2D eigenvalue weighted by Gasteiger charge is -2.36. The van der Waals surface area contributed by atoms with E-state index in [0.717, 1.165) is 57.7 Å². The molecule has 0 aliphatic carbocycles. The molecule has 0 fully saturated rings. The third-order valence-electron chi connectivity index (χ3n) is 9.13. The van der Waals surface area contributed by atoms with Gasteiger partial charge in [-0.2, -0.15) is 0 Å². The molecule has 0 N–H and O–H groups in total. The van der Waals surface area contributed by atoms with E-state index in [9.17, 15) is 4.79 Å². The van der Waals surface area contributed by atoms with E-state index in [-0.39, 0.29) is 5.78 Å². The van der Waals surface area contributed by atoms with Crippen molar-refractivity contribution in [2.24, 2.45) is 0 Å². The largest absolute Gasteiger partial charge is 0.352 e. The Bertz CT molecular complexity index is 2080. The molecular weight excluding hydrogens is 617 g/mol. The van der Waals surface area contributed by atoms with Crippen molar-refractivity contribution in [1.29, 1.82) is 0 Å². The number of hydrogen-bond donors (Lipinski definition) is 0. The van der Waals surface area contributed by atoms with Gasteiger partial charge in [0.2, 0.25) is 0 Å². The second kappa shape index (κ2) is 14.5. The Balaban J connectivity index is 1.32. The van der Waals surface area contributed by atoms with Gasteiger partial charge in [0, 0.05) is 24.8 Å². The molecular formula is C43H38N6O. The number of ketones is 1. The molecule has 2 aromatic heterocycles. The summed E-state index contributed by atoms with van der Waals surface area (Å²) in [6.45, 7) is 5.16. The molecule has 7 rings (SSSR count). The molecule has 0 aliphatic heterocycles. The van der Waals surface area contributed by atoms with Crippen molar-refractivity contribution in [2.45, 2.75) is 32.4 Å². The monoisotopic (exact) mass is 654 g/mol. The van der Waals surface area contributed by atoms with Crippen LogP contribution in [0.25, 0.3) is 22.5 Å². The molecule has 0 saturated heterocycles. The first-order valence-electron chi connectivity index (χ1n) is 17.0. The van der Waals surface area contributed by atoms with Gasteiger partial charge in [-0.3, -0.25) is 4.79 Å². The van der Waals surface area contributed by atoms with Crippen LogP contribution in [0, 0.1) is 0 Å². The van der Waals surface area contributed by atoms with E-state index in [1.165, 1.54) is 0 Å². The smallest absolute Gasteiger partial charge is 0.184 e. The molecule has 7 aromatic rings. The number of carbonyl (C=O) groups excluding carboxylic acids is 1. The Kier molecular flexibility index (Phi) is 9.38. The Morgan fingerprint density at radius 1 is 0.680 bits per heavy atom. The van der Waals surface area contributed by atoms with Gasteiger partial charge in [-0.05, 0) is 69.3 Å². The zero-order valence-corrected chi connectivity index (χ0v) is 28.2. The van der Waals surface area contributed by atoms with E-state index < -0.39 is 5.54 Å². The zero-order chi connectivity index (χ0) is 34.3. The lowest BCUT2D eigenvalue weighted by Crippen LogP contribution is -2.39. The third kappa shape index (κ3) is 6.10. The molecule has 0 aliphatic rings. The van der Waals surface area contributed by atoms with E-state index in [1.54, 1.807) is 13.1 Å². The van der Waals surface area contributed by atoms with Crippen LogP contribution < -0.4 is 4.90 Å². The van der Waals surface area contributed by atoms with E-state index in [2.05, 4.69) is 131 Å². The Morgan fingerprint density at radius 2 is 1.24 bits per heavy atom. The van der Waals surface area contributed by atoms with Gasteiger partial charge in [0.25, 0.3) is 0 Å². The number of pyridine rings is 1. The highest BCUT2D eigenvalue weighted by molar-refractivity contribution is 5.98. The van der Waals surface area contributed by atoms with Crippen LogP contribution in [0.1, 0.15) is 52.9 Å². The standard InChI is InChI=1S/C43H38N6O/c1-3-30-48(41-38(32(2)50)24-15-29-44-41)31-33-25-27-34(28-26-33)39-22-13-14-23-40(39)42-45-46-47-49(42)43(35-16-7-4-8-17-35,36-18-9-5-10-19-36)37-20-11-6-12-21-37/h4-29H,3,30-31H2,1-2H3.